The third-order valence-electron chi connectivity index (χ3n) is 6.01. The number of H-pyrrole nitrogens is 2. The fraction of sp³-hybridized carbons (Fsp3) is 0.364. The predicted octanol–water partition coefficient (Wildman–Crippen LogP) is 2.78. The molecule has 3 aromatic rings. The van der Waals surface area contributed by atoms with Crippen molar-refractivity contribution in [3.63, 3.8) is 0 Å². The van der Waals surface area contributed by atoms with Crippen LogP contribution < -0.4 is 11.0 Å². The molecule has 4 rings (SSSR count). The van der Waals surface area contributed by atoms with E-state index in [0.717, 1.165) is 48.7 Å². The first kappa shape index (κ1) is 20.4. The Balaban J connectivity index is 1.57. The maximum atomic E-state index is 13.4. The largest absolute Gasteiger partial charge is 0.351 e. The third-order valence-corrected chi connectivity index (χ3v) is 7.14. The van der Waals surface area contributed by atoms with Crippen LogP contribution >= 0.6 is 0 Å². The zero-order valence-electron chi connectivity index (χ0n) is 16.8. The molecular weight excluding hydrogens is 402 g/mol. The average molecular weight is 428 g/mol. The van der Waals surface area contributed by atoms with Crippen molar-refractivity contribution in [3.8, 4) is 0 Å². The van der Waals surface area contributed by atoms with Crippen LogP contribution in [0.15, 0.2) is 52.2 Å². The van der Waals surface area contributed by atoms with Crippen LogP contribution in [0.5, 0.6) is 0 Å². The fourth-order valence-corrected chi connectivity index (χ4v) is 4.99. The van der Waals surface area contributed by atoms with Gasteiger partial charge in [0.2, 0.25) is 5.91 Å². The molecule has 0 atom stereocenters. The van der Waals surface area contributed by atoms with Crippen LogP contribution in [-0.2, 0) is 26.6 Å². The summed E-state index contributed by atoms with van der Waals surface area (Å²) < 4.78 is 23.6. The SMILES string of the molecule is CS(=O)(=O)c1ccc(C2(C(=O)NCc3ccc4[nH]c(=O)[nH]c4c3)CCCCC2)cc1. The van der Waals surface area contributed by atoms with Gasteiger partial charge in [-0.25, -0.2) is 13.2 Å². The topological polar surface area (TPSA) is 112 Å². The van der Waals surface area contributed by atoms with E-state index in [-0.39, 0.29) is 16.5 Å². The van der Waals surface area contributed by atoms with Gasteiger partial charge < -0.3 is 15.3 Å². The molecule has 0 aliphatic heterocycles. The zero-order chi connectivity index (χ0) is 21.4. The average Bonchev–Trinajstić information content (AvgIpc) is 3.11. The number of benzene rings is 2. The van der Waals surface area contributed by atoms with E-state index in [1.165, 1.54) is 6.26 Å². The highest BCUT2D eigenvalue weighted by Crippen LogP contribution is 2.40. The van der Waals surface area contributed by atoms with Gasteiger partial charge in [0.15, 0.2) is 9.84 Å². The first-order valence-electron chi connectivity index (χ1n) is 10.1. The number of amides is 1. The standard InChI is InChI=1S/C22H25N3O4S/c1-30(28,29)17-8-6-16(7-9-17)22(11-3-2-4-12-22)20(26)23-14-15-5-10-18-19(13-15)25-21(27)24-18/h5-10,13H,2-4,11-12,14H2,1H3,(H,23,26)(H2,24,25,27). The minimum absolute atomic E-state index is 0.0445. The van der Waals surface area contributed by atoms with E-state index >= 15 is 0 Å². The summed E-state index contributed by atoms with van der Waals surface area (Å²) in [6, 6.07) is 12.3. The Morgan fingerprint density at radius 3 is 2.33 bits per heavy atom. The summed E-state index contributed by atoms with van der Waals surface area (Å²) in [5.41, 5.74) is 2.27. The Morgan fingerprint density at radius 2 is 1.67 bits per heavy atom. The number of hydrogen-bond donors (Lipinski definition) is 3. The molecule has 1 aromatic heterocycles. The Hall–Kier alpha value is -2.87. The molecule has 1 aliphatic carbocycles. The van der Waals surface area contributed by atoms with Gasteiger partial charge in [0.05, 0.1) is 21.3 Å². The van der Waals surface area contributed by atoms with Crippen molar-refractivity contribution in [1.29, 1.82) is 0 Å². The number of sulfone groups is 1. The van der Waals surface area contributed by atoms with Gasteiger partial charge in [-0.2, -0.15) is 0 Å². The minimum atomic E-state index is -3.28. The lowest BCUT2D eigenvalue weighted by Gasteiger charge is -2.36. The first-order chi connectivity index (χ1) is 14.3. The van der Waals surface area contributed by atoms with E-state index in [9.17, 15) is 18.0 Å². The number of imidazole rings is 1. The van der Waals surface area contributed by atoms with Crippen molar-refractivity contribution in [3.05, 3.63) is 64.1 Å². The number of aromatic nitrogens is 2. The number of hydrogen-bond acceptors (Lipinski definition) is 4. The Bertz CT molecular complexity index is 1230. The monoisotopic (exact) mass is 427 g/mol. The first-order valence-corrected chi connectivity index (χ1v) is 12.0. The lowest BCUT2D eigenvalue weighted by Crippen LogP contribution is -2.45. The maximum Gasteiger partial charge on any atom is 0.323 e. The van der Waals surface area contributed by atoms with E-state index in [0.29, 0.717) is 12.1 Å². The Kier molecular flexibility index (Phi) is 5.27. The summed E-state index contributed by atoms with van der Waals surface area (Å²) >= 11 is 0. The van der Waals surface area contributed by atoms with Crippen molar-refractivity contribution in [1.82, 2.24) is 15.3 Å². The van der Waals surface area contributed by atoms with Gasteiger partial charge in [0.1, 0.15) is 0 Å². The highest BCUT2D eigenvalue weighted by molar-refractivity contribution is 7.90. The molecule has 8 heteroatoms. The van der Waals surface area contributed by atoms with Gasteiger partial charge in [0.25, 0.3) is 0 Å². The molecular formula is C22H25N3O4S. The summed E-state index contributed by atoms with van der Waals surface area (Å²) in [5, 5.41) is 3.06. The summed E-state index contributed by atoms with van der Waals surface area (Å²) in [7, 11) is -3.28. The molecule has 1 aliphatic rings. The fourth-order valence-electron chi connectivity index (χ4n) is 4.36. The highest BCUT2D eigenvalue weighted by atomic mass is 32.2. The predicted molar refractivity (Wildman–Crippen MR) is 115 cm³/mol. The number of fused-ring (bicyclic) bond motifs is 1. The van der Waals surface area contributed by atoms with E-state index in [1.807, 2.05) is 18.2 Å². The van der Waals surface area contributed by atoms with Crippen LogP contribution in [0.2, 0.25) is 0 Å². The quantitative estimate of drug-likeness (QED) is 0.581. The van der Waals surface area contributed by atoms with E-state index < -0.39 is 15.3 Å². The molecule has 30 heavy (non-hydrogen) atoms. The Morgan fingerprint density at radius 1 is 1.00 bits per heavy atom. The number of carbonyl (C=O) groups is 1. The second kappa shape index (κ2) is 7.75. The summed E-state index contributed by atoms with van der Waals surface area (Å²) in [5.74, 6) is -0.0445. The van der Waals surface area contributed by atoms with Crippen LogP contribution in [0.3, 0.4) is 0 Å². The van der Waals surface area contributed by atoms with Crippen LogP contribution in [0.1, 0.15) is 43.2 Å². The maximum absolute atomic E-state index is 13.4. The Labute approximate surface area is 174 Å². The van der Waals surface area contributed by atoms with Gasteiger partial charge in [-0.05, 0) is 48.2 Å². The van der Waals surface area contributed by atoms with Gasteiger partial charge >= 0.3 is 5.69 Å². The van der Waals surface area contributed by atoms with Crippen molar-refractivity contribution in [2.75, 3.05) is 6.26 Å². The summed E-state index contributed by atoms with van der Waals surface area (Å²) in [6.45, 7) is 0.352. The number of carbonyl (C=O) groups excluding carboxylic acids is 1. The molecule has 1 saturated carbocycles. The van der Waals surface area contributed by atoms with Crippen molar-refractivity contribution in [2.45, 2.75) is 49.0 Å². The molecule has 0 bridgehead atoms. The van der Waals surface area contributed by atoms with Crippen LogP contribution in [0, 0.1) is 0 Å². The molecule has 1 amide bonds. The van der Waals surface area contributed by atoms with Crippen LogP contribution in [0.25, 0.3) is 11.0 Å². The molecule has 1 heterocycles. The molecule has 7 nitrogen and oxygen atoms in total. The van der Waals surface area contributed by atoms with E-state index in [1.54, 1.807) is 24.3 Å². The van der Waals surface area contributed by atoms with Gasteiger partial charge in [-0.3, -0.25) is 4.79 Å². The molecule has 2 aromatic carbocycles. The lowest BCUT2D eigenvalue weighted by molar-refractivity contribution is -0.128. The number of rotatable bonds is 5. The smallest absolute Gasteiger partial charge is 0.323 e. The molecule has 0 saturated heterocycles. The normalized spacial score (nSPS) is 16.4. The van der Waals surface area contributed by atoms with Gasteiger partial charge in [0, 0.05) is 12.8 Å². The molecule has 1 fully saturated rings. The zero-order valence-corrected chi connectivity index (χ0v) is 17.6. The molecule has 0 spiro atoms. The summed E-state index contributed by atoms with van der Waals surface area (Å²) in [6.07, 6.45) is 5.66. The summed E-state index contributed by atoms with van der Waals surface area (Å²) in [4.78, 5) is 30.5. The number of aromatic amines is 2. The number of nitrogens with one attached hydrogen (secondary N) is 3. The van der Waals surface area contributed by atoms with Crippen LogP contribution in [-0.4, -0.2) is 30.5 Å². The molecule has 0 unspecified atom stereocenters. The third kappa shape index (κ3) is 3.92. The van der Waals surface area contributed by atoms with E-state index in [2.05, 4.69) is 15.3 Å². The molecule has 3 N–H and O–H groups in total. The highest BCUT2D eigenvalue weighted by Gasteiger charge is 2.41. The van der Waals surface area contributed by atoms with Crippen molar-refractivity contribution >= 4 is 26.8 Å². The molecule has 0 radical (unpaired) electrons. The van der Waals surface area contributed by atoms with Crippen molar-refractivity contribution in [2.24, 2.45) is 0 Å². The van der Waals surface area contributed by atoms with Gasteiger partial charge in [-0.1, -0.05) is 37.5 Å². The van der Waals surface area contributed by atoms with Crippen molar-refractivity contribution < 1.29 is 13.2 Å². The lowest BCUT2D eigenvalue weighted by atomic mass is 9.68. The second-order valence-electron chi connectivity index (χ2n) is 8.08. The van der Waals surface area contributed by atoms with E-state index in [4.69, 9.17) is 0 Å². The van der Waals surface area contributed by atoms with Gasteiger partial charge in [-0.15, -0.1) is 0 Å². The minimum Gasteiger partial charge on any atom is -0.351 e. The second-order valence-corrected chi connectivity index (χ2v) is 10.1. The molecule has 158 valence electrons. The van der Waals surface area contributed by atoms with Crippen LogP contribution in [0.4, 0.5) is 0 Å².